The van der Waals surface area contributed by atoms with Crippen molar-refractivity contribution in [1.82, 2.24) is 4.57 Å². The first-order chi connectivity index (χ1) is 22.6. The van der Waals surface area contributed by atoms with Gasteiger partial charge >= 0.3 is 10.8 Å². The van der Waals surface area contributed by atoms with E-state index in [2.05, 4.69) is 21.2 Å². The molecule has 0 radical (unpaired) electrons. The second kappa shape index (κ2) is 13.4. The standard InChI is InChI=1S/C33H28BrN3O8S2/c1-4-45-32(41)17-5-10-20(11-6-17)35-24(38)16-36-31-28(47-33(36)42)25(18-7-14-22(43-2)23(15-18)44-3)26-27(46-31)30(40)37(29(26)39)21-12-8-19(34)9-13-21/h5-15,25-27H,4,16H2,1-3H3,(H,35,38)/t25-,26+,27-/m0/s1. The highest BCUT2D eigenvalue weighted by Gasteiger charge is 2.57. The Morgan fingerprint density at radius 2 is 1.62 bits per heavy atom. The minimum absolute atomic E-state index is 0.242. The fourth-order valence-corrected chi connectivity index (χ4v) is 8.79. The summed E-state index contributed by atoms with van der Waals surface area (Å²) in [5, 5.41) is 2.36. The number of ether oxygens (including phenoxy) is 3. The van der Waals surface area contributed by atoms with Crippen LogP contribution in [0.1, 0.15) is 33.6 Å². The normalized spacial score (nSPS) is 18.4. The van der Waals surface area contributed by atoms with Gasteiger partial charge in [0, 0.05) is 21.0 Å². The molecule has 242 valence electrons. The van der Waals surface area contributed by atoms with Gasteiger partial charge in [-0.3, -0.25) is 23.7 Å². The van der Waals surface area contributed by atoms with Crippen molar-refractivity contribution in [2.75, 3.05) is 31.0 Å². The van der Waals surface area contributed by atoms with Gasteiger partial charge in [-0.1, -0.05) is 45.1 Å². The number of anilines is 2. The molecule has 11 nitrogen and oxygen atoms in total. The van der Waals surface area contributed by atoms with Crippen molar-refractivity contribution in [2.24, 2.45) is 5.92 Å². The van der Waals surface area contributed by atoms with Crippen molar-refractivity contribution >= 4 is 74.1 Å². The number of amides is 3. The first-order valence-electron chi connectivity index (χ1n) is 14.5. The van der Waals surface area contributed by atoms with Crippen LogP contribution in [-0.4, -0.2) is 54.3 Å². The van der Waals surface area contributed by atoms with Crippen LogP contribution in [0.25, 0.3) is 0 Å². The molecule has 1 saturated heterocycles. The van der Waals surface area contributed by atoms with Crippen LogP contribution in [0.2, 0.25) is 0 Å². The second-order valence-electron chi connectivity index (χ2n) is 10.6. The molecule has 1 aromatic heterocycles. The van der Waals surface area contributed by atoms with E-state index in [4.69, 9.17) is 14.2 Å². The van der Waals surface area contributed by atoms with Crippen molar-refractivity contribution < 1.29 is 33.4 Å². The summed E-state index contributed by atoms with van der Waals surface area (Å²) >= 11 is 5.47. The lowest BCUT2D eigenvalue weighted by atomic mass is 9.83. The highest BCUT2D eigenvalue weighted by Crippen LogP contribution is 2.54. The highest BCUT2D eigenvalue weighted by molar-refractivity contribution is 9.10. The Hall–Kier alpha value is -4.40. The zero-order chi connectivity index (χ0) is 33.4. The lowest BCUT2D eigenvalue weighted by molar-refractivity contribution is -0.122. The summed E-state index contributed by atoms with van der Waals surface area (Å²) in [4.78, 5) is 68.2. The Morgan fingerprint density at radius 1 is 0.915 bits per heavy atom. The van der Waals surface area contributed by atoms with Crippen molar-refractivity contribution in [2.45, 2.75) is 29.7 Å². The Kier molecular flexibility index (Phi) is 9.26. The average Bonchev–Trinajstić information content (AvgIpc) is 3.51. The SMILES string of the molecule is CCOC(=O)c1ccc(NC(=O)Cn2c3c(sc2=O)[C@@H](c2ccc(OC)c(OC)c2)[C@H]2C(=O)N(c4ccc(Br)cc4)C(=O)[C@H]2S3)cc1. The van der Waals surface area contributed by atoms with Gasteiger partial charge in [0.15, 0.2) is 11.5 Å². The van der Waals surface area contributed by atoms with E-state index in [1.54, 1.807) is 61.5 Å². The van der Waals surface area contributed by atoms with E-state index < -0.39 is 39.7 Å². The Labute approximate surface area is 285 Å². The fourth-order valence-electron chi connectivity index (χ4n) is 5.75. The molecule has 1 fully saturated rings. The number of aromatic nitrogens is 1. The predicted octanol–water partition coefficient (Wildman–Crippen LogP) is 5.30. The minimum atomic E-state index is -0.851. The van der Waals surface area contributed by atoms with E-state index in [-0.39, 0.29) is 19.1 Å². The minimum Gasteiger partial charge on any atom is -0.493 e. The summed E-state index contributed by atoms with van der Waals surface area (Å²) in [6, 6.07) is 18.4. The second-order valence-corrected chi connectivity index (χ2v) is 13.7. The molecule has 4 aromatic rings. The number of thioether (sulfide) groups is 1. The number of carbonyl (C=O) groups excluding carboxylic acids is 4. The smallest absolute Gasteiger partial charge is 0.338 e. The number of nitrogens with one attached hydrogen (secondary N) is 1. The Balaban J connectivity index is 1.37. The lowest BCUT2D eigenvalue weighted by Crippen LogP contribution is -2.33. The van der Waals surface area contributed by atoms with Gasteiger partial charge in [0.05, 0.1) is 43.0 Å². The summed E-state index contributed by atoms with van der Waals surface area (Å²) in [6.45, 7) is 1.63. The number of nitrogens with zero attached hydrogens (tertiary/aromatic N) is 2. The zero-order valence-corrected chi connectivity index (χ0v) is 28.6. The molecule has 47 heavy (non-hydrogen) atoms. The Morgan fingerprint density at radius 3 is 2.28 bits per heavy atom. The maximum atomic E-state index is 14.1. The number of methoxy groups -OCH3 is 2. The van der Waals surface area contributed by atoms with Gasteiger partial charge in [0.2, 0.25) is 17.7 Å². The molecule has 2 aliphatic rings. The van der Waals surface area contributed by atoms with E-state index in [0.29, 0.717) is 43.9 Å². The average molecular weight is 739 g/mol. The summed E-state index contributed by atoms with van der Waals surface area (Å²) in [5.41, 5.74) is 1.88. The van der Waals surface area contributed by atoms with Gasteiger partial charge in [0.1, 0.15) is 11.8 Å². The number of fused-ring (bicyclic) bond motifs is 2. The van der Waals surface area contributed by atoms with Crippen molar-refractivity contribution in [1.29, 1.82) is 0 Å². The quantitative estimate of drug-likeness (QED) is 0.180. The molecule has 1 N–H and O–H groups in total. The van der Waals surface area contributed by atoms with Crippen LogP contribution in [0.5, 0.6) is 11.5 Å². The van der Waals surface area contributed by atoms with Crippen LogP contribution in [0.3, 0.4) is 0 Å². The van der Waals surface area contributed by atoms with E-state index in [0.717, 1.165) is 27.6 Å². The molecule has 3 atom stereocenters. The van der Waals surface area contributed by atoms with E-state index in [1.165, 1.54) is 35.8 Å². The van der Waals surface area contributed by atoms with Crippen LogP contribution < -0.4 is 24.6 Å². The summed E-state index contributed by atoms with van der Waals surface area (Å²) in [5.74, 6) is -2.31. The summed E-state index contributed by atoms with van der Waals surface area (Å²) < 4.78 is 18.1. The third kappa shape index (κ3) is 6.08. The molecule has 3 amide bonds. The maximum Gasteiger partial charge on any atom is 0.338 e. The van der Waals surface area contributed by atoms with E-state index in [9.17, 15) is 24.0 Å². The van der Waals surface area contributed by atoms with Gasteiger partial charge in [-0.25, -0.2) is 9.69 Å². The van der Waals surface area contributed by atoms with Gasteiger partial charge in [-0.2, -0.15) is 0 Å². The van der Waals surface area contributed by atoms with Crippen molar-refractivity contribution in [3.8, 4) is 11.5 Å². The molecule has 0 spiro atoms. The topological polar surface area (TPSA) is 133 Å². The molecule has 6 rings (SSSR count). The molecular weight excluding hydrogens is 710 g/mol. The van der Waals surface area contributed by atoms with Crippen LogP contribution in [0, 0.1) is 5.92 Å². The maximum absolute atomic E-state index is 14.1. The zero-order valence-electron chi connectivity index (χ0n) is 25.4. The molecule has 2 aliphatic heterocycles. The third-order valence-corrected chi connectivity index (χ3v) is 11.0. The lowest BCUT2D eigenvalue weighted by Gasteiger charge is -2.31. The van der Waals surface area contributed by atoms with Crippen LogP contribution in [0.4, 0.5) is 11.4 Å². The van der Waals surface area contributed by atoms with Crippen LogP contribution in [0.15, 0.2) is 81.0 Å². The number of hydrogen-bond donors (Lipinski definition) is 1. The first-order valence-corrected chi connectivity index (χ1v) is 17.0. The third-order valence-electron chi connectivity index (χ3n) is 7.88. The number of esters is 1. The number of carbonyl (C=O) groups is 4. The molecule has 0 saturated carbocycles. The van der Waals surface area contributed by atoms with E-state index in [1.807, 2.05) is 0 Å². The van der Waals surface area contributed by atoms with Gasteiger partial charge in [-0.05, 0) is 73.2 Å². The summed E-state index contributed by atoms with van der Waals surface area (Å²) in [7, 11) is 3.02. The number of thiazole rings is 1. The van der Waals surface area contributed by atoms with Crippen LogP contribution >= 0.6 is 39.0 Å². The van der Waals surface area contributed by atoms with E-state index >= 15 is 0 Å². The number of halogens is 1. The van der Waals surface area contributed by atoms with Gasteiger partial charge in [0.25, 0.3) is 0 Å². The number of rotatable bonds is 9. The molecule has 0 aliphatic carbocycles. The van der Waals surface area contributed by atoms with Gasteiger partial charge < -0.3 is 19.5 Å². The van der Waals surface area contributed by atoms with Gasteiger partial charge in [-0.15, -0.1) is 0 Å². The number of imide groups is 1. The molecular formula is C33H28BrN3O8S2. The predicted molar refractivity (Wildman–Crippen MR) is 181 cm³/mol. The fraction of sp³-hybridized carbons (Fsp3) is 0.242. The molecule has 3 heterocycles. The highest BCUT2D eigenvalue weighted by atomic mass is 79.9. The summed E-state index contributed by atoms with van der Waals surface area (Å²) in [6.07, 6.45) is 0. The van der Waals surface area contributed by atoms with Crippen molar-refractivity contribution in [3.05, 3.63) is 96.9 Å². The number of hydrogen-bond acceptors (Lipinski definition) is 10. The molecule has 3 aromatic carbocycles. The number of benzene rings is 3. The molecule has 14 heteroatoms. The van der Waals surface area contributed by atoms with Crippen molar-refractivity contribution in [3.63, 3.8) is 0 Å². The van der Waals surface area contributed by atoms with Crippen LogP contribution in [-0.2, 0) is 25.7 Å². The molecule has 0 unspecified atom stereocenters. The molecule has 0 bridgehead atoms. The monoisotopic (exact) mass is 737 g/mol. The Bertz CT molecular complexity index is 1940. The first kappa shape index (κ1) is 32.5. The largest absolute Gasteiger partial charge is 0.493 e.